The molecule has 0 aromatic rings. The maximum atomic E-state index is 5.47. The van der Waals surface area contributed by atoms with Crippen LogP contribution in [0.15, 0.2) is 4.99 Å². The van der Waals surface area contributed by atoms with E-state index in [1.165, 1.54) is 32.1 Å². The molecule has 1 unspecified atom stereocenters. The van der Waals surface area contributed by atoms with Gasteiger partial charge >= 0.3 is 0 Å². The first-order valence-electron chi connectivity index (χ1n) is 8.98. The summed E-state index contributed by atoms with van der Waals surface area (Å²) in [6, 6.07) is 0.671. The third-order valence-corrected chi connectivity index (χ3v) is 5.72. The molecule has 1 aliphatic carbocycles. The standard InChI is InChI=1S/C17H32N4O.HI/c1-17(6-3-4-7-17)14-19-16(18-2)21-8-5-15(13-21)20-9-11-22-12-10-20;/h15H,3-14H2,1-2H3,(H,18,19);1H. The largest absolute Gasteiger partial charge is 0.379 e. The van der Waals surface area contributed by atoms with Gasteiger partial charge in [-0.3, -0.25) is 9.89 Å². The van der Waals surface area contributed by atoms with Crippen LogP contribution in [0.3, 0.4) is 0 Å². The molecule has 0 aromatic carbocycles. The van der Waals surface area contributed by atoms with E-state index >= 15 is 0 Å². The monoisotopic (exact) mass is 436 g/mol. The van der Waals surface area contributed by atoms with Crippen molar-refractivity contribution in [3.05, 3.63) is 0 Å². The van der Waals surface area contributed by atoms with Gasteiger partial charge in [0.2, 0.25) is 0 Å². The summed E-state index contributed by atoms with van der Waals surface area (Å²) in [5.41, 5.74) is 0.472. The van der Waals surface area contributed by atoms with Crippen molar-refractivity contribution in [2.75, 3.05) is 53.0 Å². The molecule has 0 bridgehead atoms. The fourth-order valence-electron chi connectivity index (χ4n) is 4.20. The van der Waals surface area contributed by atoms with E-state index in [9.17, 15) is 0 Å². The van der Waals surface area contributed by atoms with E-state index in [4.69, 9.17) is 4.74 Å². The summed E-state index contributed by atoms with van der Waals surface area (Å²) < 4.78 is 5.47. The minimum absolute atomic E-state index is 0. The summed E-state index contributed by atoms with van der Waals surface area (Å²) in [6.07, 6.45) is 6.73. The van der Waals surface area contributed by atoms with Gasteiger partial charge in [-0.1, -0.05) is 19.8 Å². The van der Waals surface area contributed by atoms with Crippen LogP contribution >= 0.6 is 24.0 Å². The lowest BCUT2D eigenvalue weighted by Gasteiger charge is -2.32. The van der Waals surface area contributed by atoms with E-state index in [0.29, 0.717) is 11.5 Å². The van der Waals surface area contributed by atoms with Crippen LogP contribution in [0, 0.1) is 5.41 Å². The van der Waals surface area contributed by atoms with Crippen LogP contribution in [-0.2, 0) is 4.74 Å². The SMILES string of the molecule is CN=C(NCC1(C)CCCC1)N1CCC(N2CCOCC2)C1.I. The van der Waals surface area contributed by atoms with Gasteiger partial charge in [-0.2, -0.15) is 0 Å². The van der Waals surface area contributed by atoms with Crippen LogP contribution in [-0.4, -0.2) is 74.8 Å². The van der Waals surface area contributed by atoms with Crippen LogP contribution in [0.25, 0.3) is 0 Å². The second kappa shape index (κ2) is 8.85. The van der Waals surface area contributed by atoms with Crippen LogP contribution < -0.4 is 5.32 Å². The molecule has 6 heteroatoms. The molecule has 23 heavy (non-hydrogen) atoms. The highest BCUT2D eigenvalue weighted by atomic mass is 127. The molecule has 2 heterocycles. The highest BCUT2D eigenvalue weighted by molar-refractivity contribution is 14.0. The number of rotatable bonds is 3. The Kier molecular flexibility index (Phi) is 7.41. The molecule has 134 valence electrons. The van der Waals surface area contributed by atoms with Crippen LogP contribution in [0.5, 0.6) is 0 Å². The summed E-state index contributed by atoms with van der Waals surface area (Å²) >= 11 is 0. The number of nitrogens with one attached hydrogen (secondary N) is 1. The van der Waals surface area contributed by atoms with Crippen molar-refractivity contribution in [2.45, 2.75) is 45.1 Å². The zero-order valence-electron chi connectivity index (χ0n) is 14.7. The molecule has 0 amide bonds. The zero-order valence-corrected chi connectivity index (χ0v) is 17.1. The summed E-state index contributed by atoms with van der Waals surface area (Å²) in [5, 5.41) is 3.65. The van der Waals surface area contributed by atoms with Gasteiger partial charge in [-0.25, -0.2) is 0 Å². The van der Waals surface area contributed by atoms with Gasteiger partial charge in [0.25, 0.3) is 0 Å². The molecule has 0 radical (unpaired) electrons. The number of guanidine groups is 1. The minimum Gasteiger partial charge on any atom is -0.379 e. The van der Waals surface area contributed by atoms with Gasteiger partial charge in [-0.15, -0.1) is 24.0 Å². The molecule has 0 spiro atoms. The van der Waals surface area contributed by atoms with Gasteiger partial charge in [0, 0.05) is 45.8 Å². The fourth-order valence-corrected chi connectivity index (χ4v) is 4.20. The Morgan fingerprint density at radius 3 is 2.57 bits per heavy atom. The molecule has 1 N–H and O–H groups in total. The van der Waals surface area contributed by atoms with E-state index in [1.807, 2.05) is 7.05 Å². The van der Waals surface area contributed by atoms with Crippen molar-refractivity contribution in [3.63, 3.8) is 0 Å². The van der Waals surface area contributed by atoms with Crippen LogP contribution in [0.2, 0.25) is 0 Å². The Balaban J connectivity index is 0.00000192. The number of hydrogen-bond donors (Lipinski definition) is 1. The number of aliphatic imine (C=N–C) groups is 1. The number of hydrogen-bond acceptors (Lipinski definition) is 3. The Morgan fingerprint density at radius 2 is 1.91 bits per heavy atom. The summed E-state index contributed by atoms with van der Waals surface area (Å²) in [4.78, 5) is 9.57. The van der Waals surface area contributed by atoms with E-state index in [-0.39, 0.29) is 24.0 Å². The summed E-state index contributed by atoms with van der Waals surface area (Å²) in [7, 11) is 1.92. The number of halogens is 1. The van der Waals surface area contributed by atoms with Gasteiger partial charge in [0.1, 0.15) is 0 Å². The summed E-state index contributed by atoms with van der Waals surface area (Å²) in [6.45, 7) is 9.67. The van der Waals surface area contributed by atoms with Crippen LogP contribution in [0.4, 0.5) is 0 Å². The van der Waals surface area contributed by atoms with Crippen molar-refractivity contribution in [3.8, 4) is 0 Å². The molecule has 3 aliphatic rings. The highest BCUT2D eigenvalue weighted by Crippen LogP contribution is 2.36. The van der Waals surface area contributed by atoms with Gasteiger partial charge in [-0.05, 0) is 24.7 Å². The maximum Gasteiger partial charge on any atom is 0.193 e. The van der Waals surface area contributed by atoms with Gasteiger partial charge < -0.3 is 15.0 Å². The Bertz CT molecular complexity index is 392. The third-order valence-electron chi connectivity index (χ3n) is 5.72. The average molecular weight is 436 g/mol. The molecular weight excluding hydrogens is 403 g/mol. The topological polar surface area (TPSA) is 40.1 Å². The van der Waals surface area contributed by atoms with Crippen molar-refractivity contribution in [1.82, 2.24) is 15.1 Å². The number of likely N-dealkylation sites (tertiary alicyclic amines) is 1. The van der Waals surface area contributed by atoms with E-state index in [0.717, 1.165) is 51.9 Å². The Morgan fingerprint density at radius 1 is 1.22 bits per heavy atom. The molecule has 0 aromatic heterocycles. The maximum absolute atomic E-state index is 5.47. The van der Waals surface area contributed by atoms with Gasteiger partial charge in [0.05, 0.1) is 13.2 Å². The minimum atomic E-state index is 0. The molecule has 2 saturated heterocycles. The zero-order chi connectivity index (χ0) is 15.4. The first kappa shape index (κ1) is 19.2. The molecule has 5 nitrogen and oxygen atoms in total. The van der Waals surface area contributed by atoms with Crippen molar-refractivity contribution in [1.29, 1.82) is 0 Å². The van der Waals surface area contributed by atoms with Crippen LogP contribution in [0.1, 0.15) is 39.0 Å². The predicted molar refractivity (Wildman–Crippen MR) is 106 cm³/mol. The average Bonchev–Trinajstić information content (AvgIpc) is 3.19. The quantitative estimate of drug-likeness (QED) is 0.418. The lowest BCUT2D eigenvalue weighted by atomic mass is 9.89. The van der Waals surface area contributed by atoms with Gasteiger partial charge in [0.15, 0.2) is 5.96 Å². The molecule has 1 saturated carbocycles. The Labute approximate surface area is 158 Å². The van der Waals surface area contributed by atoms with E-state index < -0.39 is 0 Å². The highest BCUT2D eigenvalue weighted by Gasteiger charge is 2.32. The smallest absolute Gasteiger partial charge is 0.193 e. The van der Waals surface area contributed by atoms with E-state index in [2.05, 4.69) is 27.0 Å². The predicted octanol–water partition coefficient (Wildman–Crippen LogP) is 2.17. The molecule has 3 rings (SSSR count). The van der Waals surface area contributed by atoms with E-state index in [1.54, 1.807) is 0 Å². The van der Waals surface area contributed by atoms with Crippen molar-refractivity contribution < 1.29 is 4.74 Å². The Hall–Kier alpha value is -0.0800. The molecule has 3 fully saturated rings. The summed E-state index contributed by atoms with van der Waals surface area (Å²) in [5.74, 6) is 1.10. The number of ether oxygens (including phenoxy) is 1. The number of morpholine rings is 1. The normalized spacial score (nSPS) is 28.7. The first-order valence-corrected chi connectivity index (χ1v) is 8.98. The first-order chi connectivity index (χ1) is 10.7. The van der Waals surface area contributed by atoms with Crippen molar-refractivity contribution in [2.24, 2.45) is 10.4 Å². The second-order valence-corrected chi connectivity index (χ2v) is 7.46. The molecule has 2 aliphatic heterocycles. The fraction of sp³-hybridized carbons (Fsp3) is 0.941. The molecular formula is C17H33IN4O. The third kappa shape index (κ3) is 4.95. The lowest BCUT2D eigenvalue weighted by molar-refractivity contribution is 0.0194. The molecule has 1 atom stereocenters. The second-order valence-electron chi connectivity index (χ2n) is 7.46. The van der Waals surface area contributed by atoms with Crippen molar-refractivity contribution >= 4 is 29.9 Å². The number of nitrogens with zero attached hydrogens (tertiary/aromatic N) is 3. The lowest BCUT2D eigenvalue weighted by Crippen LogP contribution is -2.47.